The molecule has 16 heteroatoms. The molecule has 2 aliphatic rings. The zero-order valence-corrected chi connectivity index (χ0v) is 25.2. The van der Waals surface area contributed by atoms with E-state index >= 15 is 0 Å². The van der Waals surface area contributed by atoms with Crippen LogP contribution in [0.4, 0.5) is 35.2 Å². The Morgan fingerprint density at radius 3 is 2.60 bits per heavy atom. The number of aliphatic imine (C=N–C) groups is 1. The molecule has 1 saturated heterocycles. The fourth-order valence-corrected chi connectivity index (χ4v) is 5.07. The van der Waals surface area contributed by atoms with E-state index in [0.717, 1.165) is 16.8 Å². The summed E-state index contributed by atoms with van der Waals surface area (Å²) in [6.07, 6.45) is 0.469. The second-order valence-corrected chi connectivity index (χ2v) is 10.6. The molecule has 2 aliphatic heterocycles. The SMILES string of the molecule is COc1cc(C2CC(c3ccc(Cl)cc3)=Nc3c(N)nc(N)nc3N2)ccc1Oc1nc(NCCO)nc(N2CCOCC2)n1. The van der Waals surface area contributed by atoms with Crippen molar-refractivity contribution in [2.45, 2.75) is 12.5 Å². The van der Waals surface area contributed by atoms with E-state index in [1.165, 1.54) is 0 Å². The normalized spacial score (nSPS) is 16.2. The number of benzene rings is 2. The topological polar surface area (TPSA) is 204 Å². The smallest absolute Gasteiger partial charge is 0.328 e. The number of aliphatic hydroxyl groups excluding tert-OH is 1. The molecule has 0 saturated carbocycles. The van der Waals surface area contributed by atoms with Gasteiger partial charge in [0.2, 0.25) is 17.8 Å². The van der Waals surface area contributed by atoms with E-state index < -0.39 is 0 Å². The maximum Gasteiger partial charge on any atom is 0.328 e. The third-order valence-electron chi connectivity index (χ3n) is 7.14. The van der Waals surface area contributed by atoms with Gasteiger partial charge in [-0.15, -0.1) is 0 Å². The fraction of sp³-hybridized carbons (Fsp3) is 0.310. The maximum absolute atomic E-state index is 9.30. The van der Waals surface area contributed by atoms with Gasteiger partial charge in [0.25, 0.3) is 0 Å². The Labute approximate surface area is 263 Å². The first-order valence-electron chi connectivity index (χ1n) is 14.2. The predicted octanol–water partition coefficient (Wildman–Crippen LogP) is 3.20. The molecule has 0 aliphatic carbocycles. The average molecular weight is 634 g/mol. The minimum atomic E-state index is -0.309. The Hall–Kier alpha value is -4.99. The van der Waals surface area contributed by atoms with Gasteiger partial charge in [-0.05, 0) is 35.4 Å². The van der Waals surface area contributed by atoms with Crippen LogP contribution in [0.3, 0.4) is 0 Å². The molecule has 1 atom stereocenters. The van der Waals surface area contributed by atoms with E-state index in [1.54, 1.807) is 13.2 Å². The van der Waals surface area contributed by atoms with Crippen molar-refractivity contribution < 1.29 is 19.3 Å². The molecule has 6 rings (SSSR count). The van der Waals surface area contributed by atoms with E-state index in [4.69, 9.17) is 42.3 Å². The van der Waals surface area contributed by atoms with Crippen LogP contribution in [-0.2, 0) is 4.74 Å². The first-order chi connectivity index (χ1) is 21.9. The summed E-state index contributed by atoms with van der Waals surface area (Å²) in [5.74, 6) is 2.17. The molecule has 15 nitrogen and oxygen atoms in total. The molecule has 234 valence electrons. The first kappa shape index (κ1) is 30.1. The molecule has 1 unspecified atom stereocenters. The van der Waals surface area contributed by atoms with Crippen molar-refractivity contribution in [3.05, 3.63) is 58.6 Å². The number of aromatic nitrogens is 5. The third kappa shape index (κ3) is 6.90. The fourth-order valence-electron chi connectivity index (χ4n) is 4.94. The molecule has 4 aromatic rings. The monoisotopic (exact) mass is 633 g/mol. The van der Waals surface area contributed by atoms with E-state index in [2.05, 4.69) is 35.6 Å². The van der Waals surface area contributed by atoms with E-state index in [9.17, 15) is 5.11 Å². The minimum absolute atomic E-state index is 0.0330. The van der Waals surface area contributed by atoms with Gasteiger partial charge in [0.05, 0.1) is 38.7 Å². The first-order valence-corrected chi connectivity index (χ1v) is 14.6. The highest BCUT2D eigenvalue weighted by atomic mass is 35.5. The highest BCUT2D eigenvalue weighted by Gasteiger charge is 2.26. The summed E-state index contributed by atoms with van der Waals surface area (Å²) in [7, 11) is 1.55. The van der Waals surface area contributed by atoms with Crippen LogP contribution in [0.5, 0.6) is 17.5 Å². The second kappa shape index (κ2) is 13.3. The number of morpholine rings is 1. The molecule has 45 heavy (non-hydrogen) atoms. The quantitative estimate of drug-likeness (QED) is 0.180. The molecule has 0 bridgehead atoms. The molecular weight excluding hydrogens is 602 g/mol. The molecular formula is C29H32ClN11O4. The van der Waals surface area contributed by atoms with Crippen molar-refractivity contribution in [3.8, 4) is 17.5 Å². The number of nitrogens with one attached hydrogen (secondary N) is 2. The molecule has 2 aromatic carbocycles. The summed E-state index contributed by atoms with van der Waals surface area (Å²) in [4.78, 5) is 28.7. The van der Waals surface area contributed by atoms with Crippen LogP contribution in [0.25, 0.3) is 0 Å². The van der Waals surface area contributed by atoms with Crippen LogP contribution in [-0.4, -0.2) is 82.3 Å². The maximum atomic E-state index is 9.30. The Kier molecular flexibility index (Phi) is 8.91. The predicted molar refractivity (Wildman–Crippen MR) is 171 cm³/mol. The van der Waals surface area contributed by atoms with Gasteiger partial charge in [0, 0.05) is 31.1 Å². The zero-order valence-electron chi connectivity index (χ0n) is 24.4. The van der Waals surface area contributed by atoms with E-state index in [-0.39, 0.29) is 42.9 Å². The Morgan fingerprint density at radius 1 is 1.04 bits per heavy atom. The lowest BCUT2D eigenvalue weighted by Crippen LogP contribution is -2.37. The van der Waals surface area contributed by atoms with Crippen LogP contribution in [0.1, 0.15) is 23.6 Å². The zero-order chi connectivity index (χ0) is 31.3. The van der Waals surface area contributed by atoms with Crippen molar-refractivity contribution in [1.29, 1.82) is 0 Å². The van der Waals surface area contributed by atoms with Gasteiger partial charge in [-0.2, -0.15) is 24.9 Å². The van der Waals surface area contributed by atoms with E-state index in [0.29, 0.717) is 66.7 Å². The number of nitrogen functional groups attached to an aromatic ring is 2. The summed E-state index contributed by atoms with van der Waals surface area (Å²) in [6.45, 7) is 2.56. The number of hydrogen-bond acceptors (Lipinski definition) is 15. The van der Waals surface area contributed by atoms with Crippen molar-refractivity contribution in [1.82, 2.24) is 24.9 Å². The van der Waals surface area contributed by atoms with Gasteiger partial charge in [-0.1, -0.05) is 29.8 Å². The average Bonchev–Trinajstić information content (AvgIpc) is 3.25. The van der Waals surface area contributed by atoms with Gasteiger partial charge in [0.1, 0.15) is 5.69 Å². The van der Waals surface area contributed by atoms with Crippen molar-refractivity contribution in [2.75, 3.05) is 73.6 Å². The number of hydrogen-bond donors (Lipinski definition) is 5. The molecule has 2 aromatic heterocycles. The highest BCUT2D eigenvalue weighted by Crippen LogP contribution is 2.40. The summed E-state index contributed by atoms with van der Waals surface area (Å²) < 4.78 is 17.4. The number of nitrogens with zero attached hydrogens (tertiary/aromatic N) is 7. The number of nitrogens with two attached hydrogens (primary N) is 2. The minimum Gasteiger partial charge on any atom is -0.493 e. The largest absolute Gasteiger partial charge is 0.493 e. The van der Waals surface area contributed by atoms with Crippen LogP contribution in [0, 0.1) is 0 Å². The number of aliphatic hydroxyl groups is 1. The lowest BCUT2D eigenvalue weighted by molar-refractivity contribution is 0.122. The van der Waals surface area contributed by atoms with Gasteiger partial charge in [0.15, 0.2) is 23.1 Å². The molecule has 0 radical (unpaired) electrons. The van der Waals surface area contributed by atoms with Crippen LogP contribution in [0.2, 0.25) is 5.02 Å². The number of fused-ring (bicyclic) bond motifs is 1. The lowest BCUT2D eigenvalue weighted by Gasteiger charge is -2.27. The highest BCUT2D eigenvalue weighted by molar-refractivity contribution is 6.30. The molecule has 0 amide bonds. The Morgan fingerprint density at radius 2 is 1.84 bits per heavy atom. The summed E-state index contributed by atoms with van der Waals surface area (Å²) in [6, 6.07) is 12.7. The van der Waals surface area contributed by atoms with Crippen LogP contribution < -0.4 is 36.5 Å². The summed E-state index contributed by atoms with van der Waals surface area (Å²) in [5.41, 5.74) is 15.0. The second-order valence-electron chi connectivity index (χ2n) is 10.1. The lowest BCUT2D eigenvalue weighted by atomic mass is 9.97. The van der Waals surface area contributed by atoms with Gasteiger partial charge in [-0.25, -0.2) is 4.99 Å². The van der Waals surface area contributed by atoms with Crippen molar-refractivity contribution >= 4 is 52.5 Å². The molecule has 4 heterocycles. The van der Waals surface area contributed by atoms with Crippen LogP contribution in [0.15, 0.2) is 47.5 Å². The van der Waals surface area contributed by atoms with Gasteiger partial charge < -0.3 is 46.3 Å². The standard InChI is InChI=1S/C29H32ClN11O4/c1-43-22-14-17(4-7-21(22)45-29-39-27(33-8-11-42)38-28(40-29)41-9-12-44-13-10-41)20-15-19(16-2-5-18(30)6-3-16)34-23-24(31)36-26(32)37-25(23)35-20/h2-7,14,20,42H,8-13,15H2,1H3,(H,33,38,39,40)(H5,31,32,35,36,37). The summed E-state index contributed by atoms with van der Waals surface area (Å²) in [5, 5.41) is 16.3. The number of ether oxygens (including phenoxy) is 3. The Bertz CT molecular complexity index is 1700. The van der Waals surface area contributed by atoms with Gasteiger partial charge in [-0.3, -0.25) is 0 Å². The van der Waals surface area contributed by atoms with E-state index in [1.807, 2.05) is 41.3 Å². The van der Waals surface area contributed by atoms with Crippen LogP contribution >= 0.6 is 11.6 Å². The Balaban J connectivity index is 1.32. The van der Waals surface area contributed by atoms with Gasteiger partial charge >= 0.3 is 6.01 Å². The third-order valence-corrected chi connectivity index (χ3v) is 7.40. The molecule has 1 fully saturated rings. The van der Waals surface area contributed by atoms with Crippen molar-refractivity contribution in [2.24, 2.45) is 4.99 Å². The number of methoxy groups -OCH3 is 1. The molecule has 0 spiro atoms. The number of halogens is 1. The summed E-state index contributed by atoms with van der Waals surface area (Å²) >= 11 is 6.15. The number of anilines is 5. The van der Waals surface area contributed by atoms with Crippen molar-refractivity contribution in [3.63, 3.8) is 0 Å². The molecule has 7 N–H and O–H groups in total. The number of rotatable bonds is 9.